The number of hydrogen-bond acceptors (Lipinski definition) is 4. The van der Waals surface area contributed by atoms with E-state index in [9.17, 15) is 0 Å². The van der Waals surface area contributed by atoms with E-state index in [2.05, 4.69) is 16.4 Å². The summed E-state index contributed by atoms with van der Waals surface area (Å²) < 4.78 is 5.24. The predicted octanol–water partition coefficient (Wildman–Crippen LogP) is 2.39. The van der Waals surface area contributed by atoms with Crippen LogP contribution < -0.4 is 15.8 Å². The Morgan fingerprint density at radius 3 is 2.95 bits per heavy atom. The second kappa shape index (κ2) is 5.05. The molecule has 3 rings (SSSR count). The van der Waals surface area contributed by atoms with Crippen LogP contribution in [0.4, 0.5) is 5.82 Å². The van der Waals surface area contributed by atoms with E-state index in [4.69, 9.17) is 10.5 Å². The third-order valence-corrected chi connectivity index (χ3v) is 3.80. The lowest BCUT2D eigenvalue weighted by Gasteiger charge is -2.32. The van der Waals surface area contributed by atoms with Crippen LogP contribution in [0.2, 0.25) is 0 Å². The minimum absolute atomic E-state index is 0.400. The first-order chi connectivity index (χ1) is 9.26. The second-order valence-corrected chi connectivity index (χ2v) is 5.23. The van der Waals surface area contributed by atoms with Crippen LogP contribution in [0.3, 0.4) is 0 Å². The van der Waals surface area contributed by atoms with Crippen molar-refractivity contribution in [3.05, 3.63) is 30.5 Å². The Kier molecular flexibility index (Phi) is 3.25. The molecule has 0 saturated heterocycles. The summed E-state index contributed by atoms with van der Waals surface area (Å²) in [5.74, 6) is 2.50. The van der Waals surface area contributed by atoms with Crippen molar-refractivity contribution in [1.82, 2.24) is 4.98 Å². The van der Waals surface area contributed by atoms with Gasteiger partial charge in [-0.25, -0.2) is 4.98 Å². The Bertz CT molecular complexity index is 579. The lowest BCUT2D eigenvalue weighted by Crippen LogP contribution is -2.39. The fourth-order valence-corrected chi connectivity index (χ4v) is 2.62. The smallest absolute Gasteiger partial charge is 0.133 e. The highest BCUT2D eigenvalue weighted by molar-refractivity contribution is 5.92. The number of pyridine rings is 1. The molecule has 100 valence electrons. The van der Waals surface area contributed by atoms with Crippen LogP contribution in [-0.2, 0) is 0 Å². The summed E-state index contributed by atoms with van der Waals surface area (Å²) in [4.78, 5) is 4.43. The minimum atomic E-state index is 0.400. The molecule has 0 unspecified atom stereocenters. The first kappa shape index (κ1) is 12.2. The zero-order valence-electron chi connectivity index (χ0n) is 11.1. The topological polar surface area (TPSA) is 60.2 Å². The zero-order chi connectivity index (χ0) is 13.2. The molecule has 1 aliphatic rings. The van der Waals surface area contributed by atoms with Gasteiger partial charge < -0.3 is 15.8 Å². The third kappa shape index (κ3) is 2.49. The van der Waals surface area contributed by atoms with E-state index in [1.54, 1.807) is 7.11 Å². The van der Waals surface area contributed by atoms with Crippen molar-refractivity contribution < 1.29 is 4.74 Å². The maximum atomic E-state index is 5.80. The molecule has 3 N–H and O–H groups in total. The molecule has 0 amide bonds. The molecule has 19 heavy (non-hydrogen) atoms. The number of fused-ring (bicyclic) bond motifs is 1. The minimum Gasteiger partial charge on any atom is -0.497 e. The van der Waals surface area contributed by atoms with Gasteiger partial charge in [0, 0.05) is 24.2 Å². The lowest BCUT2D eigenvalue weighted by molar-refractivity contribution is 0.280. The van der Waals surface area contributed by atoms with Gasteiger partial charge in [0.1, 0.15) is 11.6 Å². The molecule has 0 aliphatic heterocycles. The van der Waals surface area contributed by atoms with Gasteiger partial charge in [0.25, 0.3) is 0 Å². The van der Waals surface area contributed by atoms with Crippen LogP contribution in [0.25, 0.3) is 10.8 Å². The van der Waals surface area contributed by atoms with Gasteiger partial charge in [-0.2, -0.15) is 0 Å². The molecule has 0 radical (unpaired) electrons. The highest BCUT2D eigenvalue weighted by Gasteiger charge is 2.25. The quantitative estimate of drug-likeness (QED) is 0.883. The fourth-order valence-electron chi connectivity index (χ4n) is 2.62. The van der Waals surface area contributed by atoms with E-state index in [0.29, 0.717) is 12.0 Å². The zero-order valence-corrected chi connectivity index (χ0v) is 11.1. The van der Waals surface area contributed by atoms with E-state index >= 15 is 0 Å². The SMILES string of the molecule is COc1ccc2c(NCC3CC(N)C3)nccc2c1. The molecule has 1 fully saturated rings. The first-order valence-electron chi connectivity index (χ1n) is 6.68. The maximum Gasteiger partial charge on any atom is 0.133 e. The van der Waals surface area contributed by atoms with E-state index < -0.39 is 0 Å². The molecule has 4 heteroatoms. The van der Waals surface area contributed by atoms with Crippen molar-refractivity contribution in [2.75, 3.05) is 19.0 Å². The van der Waals surface area contributed by atoms with Crippen LogP contribution in [-0.4, -0.2) is 24.7 Å². The van der Waals surface area contributed by atoms with Crippen LogP contribution in [0.5, 0.6) is 5.75 Å². The van der Waals surface area contributed by atoms with Crippen LogP contribution >= 0.6 is 0 Å². The number of rotatable bonds is 4. The number of nitrogens with one attached hydrogen (secondary N) is 1. The van der Waals surface area contributed by atoms with Crippen molar-refractivity contribution in [3.8, 4) is 5.75 Å². The molecule has 0 bridgehead atoms. The number of anilines is 1. The van der Waals surface area contributed by atoms with E-state index in [1.165, 1.54) is 0 Å². The Balaban J connectivity index is 1.79. The Morgan fingerprint density at radius 2 is 2.21 bits per heavy atom. The molecule has 1 aromatic heterocycles. The van der Waals surface area contributed by atoms with Crippen molar-refractivity contribution in [3.63, 3.8) is 0 Å². The average Bonchev–Trinajstić information content (AvgIpc) is 2.41. The summed E-state index contributed by atoms with van der Waals surface area (Å²) in [6.45, 7) is 0.950. The standard InChI is InChI=1S/C15H19N3O/c1-19-13-2-3-14-11(8-13)4-5-17-15(14)18-9-10-6-12(16)7-10/h2-5,8,10,12H,6-7,9,16H2,1H3,(H,17,18). The van der Waals surface area contributed by atoms with Crippen molar-refractivity contribution in [2.45, 2.75) is 18.9 Å². The number of methoxy groups -OCH3 is 1. The van der Waals surface area contributed by atoms with Crippen LogP contribution in [0.15, 0.2) is 30.5 Å². The summed E-state index contributed by atoms with van der Waals surface area (Å²) in [5.41, 5.74) is 5.80. The molecule has 1 saturated carbocycles. The van der Waals surface area contributed by atoms with Gasteiger partial charge in [-0.1, -0.05) is 0 Å². The van der Waals surface area contributed by atoms with Gasteiger partial charge in [-0.05, 0) is 48.4 Å². The predicted molar refractivity (Wildman–Crippen MR) is 77.5 cm³/mol. The first-order valence-corrected chi connectivity index (χ1v) is 6.68. The molecule has 1 heterocycles. The Labute approximate surface area is 113 Å². The highest BCUT2D eigenvalue weighted by atomic mass is 16.5. The number of aromatic nitrogens is 1. The van der Waals surface area contributed by atoms with Crippen molar-refractivity contribution >= 4 is 16.6 Å². The Morgan fingerprint density at radius 1 is 1.37 bits per heavy atom. The Hall–Kier alpha value is -1.81. The molecule has 1 aliphatic carbocycles. The van der Waals surface area contributed by atoms with Gasteiger partial charge in [-0.15, -0.1) is 0 Å². The van der Waals surface area contributed by atoms with E-state index in [-0.39, 0.29) is 0 Å². The van der Waals surface area contributed by atoms with Crippen LogP contribution in [0, 0.1) is 5.92 Å². The summed E-state index contributed by atoms with van der Waals surface area (Å²) >= 11 is 0. The van der Waals surface area contributed by atoms with Crippen molar-refractivity contribution in [2.24, 2.45) is 11.7 Å². The van der Waals surface area contributed by atoms with Gasteiger partial charge >= 0.3 is 0 Å². The molecule has 1 aromatic carbocycles. The molecule has 2 aromatic rings. The normalized spacial score (nSPS) is 22.0. The second-order valence-electron chi connectivity index (χ2n) is 5.23. The van der Waals surface area contributed by atoms with Gasteiger partial charge in [0.2, 0.25) is 0 Å². The van der Waals surface area contributed by atoms with Crippen molar-refractivity contribution in [1.29, 1.82) is 0 Å². The third-order valence-electron chi connectivity index (χ3n) is 3.80. The highest BCUT2D eigenvalue weighted by Crippen LogP contribution is 2.28. The van der Waals surface area contributed by atoms with E-state index in [0.717, 1.165) is 41.7 Å². The summed E-state index contributed by atoms with van der Waals surface area (Å²) in [5, 5.41) is 5.71. The summed E-state index contributed by atoms with van der Waals surface area (Å²) in [7, 11) is 1.68. The fraction of sp³-hybridized carbons (Fsp3) is 0.400. The maximum absolute atomic E-state index is 5.80. The molecule has 4 nitrogen and oxygen atoms in total. The number of ether oxygens (including phenoxy) is 1. The molecular formula is C15H19N3O. The number of hydrogen-bond donors (Lipinski definition) is 2. The lowest BCUT2D eigenvalue weighted by atomic mass is 9.81. The van der Waals surface area contributed by atoms with Crippen LogP contribution in [0.1, 0.15) is 12.8 Å². The number of nitrogens with two attached hydrogens (primary N) is 1. The summed E-state index contributed by atoms with van der Waals surface area (Å²) in [6, 6.07) is 8.45. The van der Waals surface area contributed by atoms with E-state index in [1.807, 2.05) is 24.4 Å². The van der Waals surface area contributed by atoms with Gasteiger partial charge in [-0.3, -0.25) is 0 Å². The molecular weight excluding hydrogens is 238 g/mol. The largest absolute Gasteiger partial charge is 0.497 e. The number of nitrogens with zero attached hydrogens (tertiary/aromatic N) is 1. The number of benzene rings is 1. The molecule has 0 atom stereocenters. The average molecular weight is 257 g/mol. The van der Waals surface area contributed by atoms with Gasteiger partial charge in [0.15, 0.2) is 0 Å². The summed E-state index contributed by atoms with van der Waals surface area (Å²) in [6.07, 6.45) is 4.06. The van der Waals surface area contributed by atoms with Gasteiger partial charge in [0.05, 0.1) is 7.11 Å². The monoisotopic (exact) mass is 257 g/mol. The molecule has 0 spiro atoms.